The van der Waals surface area contributed by atoms with Crippen molar-refractivity contribution >= 4 is 35.1 Å². The number of rotatable bonds is 9. The first kappa shape index (κ1) is 22.7. The molecule has 0 saturated carbocycles. The highest BCUT2D eigenvalue weighted by Gasteiger charge is 2.34. The monoisotopic (exact) mass is 464 g/mol. The van der Waals surface area contributed by atoms with Crippen LogP contribution in [0.4, 0.5) is 5.82 Å². The van der Waals surface area contributed by atoms with Gasteiger partial charge < -0.3 is 5.32 Å². The Morgan fingerprint density at radius 3 is 2.30 bits per heavy atom. The average Bonchev–Trinajstić information content (AvgIpc) is 3.26. The molecule has 33 heavy (non-hydrogen) atoms. The summed E-state index contributed by atoms with van der Waals surface area (Å²) in [5.41, 5.74) is 2.95. The van der Waals surface area contributed by atoms with Crippen LogP contribution in [0.5, 0.6) is 0 Å². The molecule has 1 aromatic heterocycles. The quantitative estimate of drug-likeness (QED) is 0.368. The van der Waals surface area contributed by atoms with E-state index in [1.165, 1.54) is 4.90 Å². The molecule has 1 aliphatic rings. The number of aromatic nitrogens is 2. The van der Waals surface area contributed by atoms with Gasteiger partial charge in [0.2, 0.25) is 5.91 Å². The van der Waals surface area contributed by atoms with E-state index in [0.29, 0.717) is 54.3 Å². The Labute approximate surface area is 197 Å². The van der Waals surface area contributed by atoms with E-state index in [1.807, 2.05) is 41.9 Å². The van der Waals surface area contributed by atoms with E-state index >= 15 is 0 Å². The van der Waals surface area contributed by atoms with Crippen molar-refractivity contribution in [1.29, 1.82) is 0 Å². The summed E-state index contributed by atoms with van der Waals surface area (Å²) < 4.78 is 1.83. The lowest BCUT2D eigenvalue weighted by atomic mass is 10.1. The van der Waals surface area contributed by atoms with Crippen LogP contribution in [0.2, 0.25) is 5.02 Å². The van der Waals surface area contributed by atoms with Gasteiger partial charge in [-0.25, -0.2) is 0 Å². The minimum Gasteiger partial charge on any atom is -0.309 e. The first-order chi connectivity index (χ1) is 15.9. The highest BCUT2D eigenvalue weighted by Crippen LogP contribution is 2.23. The molecular formula is C25H25ClN4O3. The Bertz CT molecular complexity index is 1150. The number of amides is 3. The van der Waals surface area contributed by atoms with Crippen molar-refractivity contribution in [2.24, 2.45) is 0 Å². The lowest BCUT2D eigenvalue weighted by Gasteiger charge is -2.13. The summed E-state index contributed by atoms with van der Waals surface area (Å²) in [6, 6.07) is 16.3. The normalized spacial score (nSPS) is 12.8. The molecule has 3 amide bonds. The third kappa shape index (κ3) is 5.31. The molecule has 8 heteroatoms. The van der Waals surface area contributed by atoms with E-state index in [4.69, 9.17) is 11.6 Å². The maximum absolute atomic E-state index is 12.4. The SMILES string of the molecule is Cc1cc(NC(=O)CCCCCN2C(=O)c3ccccc3C2=O)nn1Cc1ccc(Cl)cc1. The number of hydrogen-bond donors (Lipinski definition) is 1. The molecule has 0 saturated heterocycles. The van der Waals surface area contributed by atoms with Crippen LogP contribution in [0, 0.1) is 6.92 Å². The number of nitrogens with zero attached hydrogens (tertiary/aromatic N) is 3. The summed E-state index contributed by atoms with van der Waals surface area (Å²) in [4.78, 5) is 38.3. The molecule has 4 rings (SSSR count). The van der Waals surface area contributed by atoms with Gasteiger partial charge in [-0.2, -0.15) is 5.10 Å². The van der Waals surface area contributed by atoms with Crippen molar-refractivity contribution in [3.8, 4) is 0 Å². The zero-order chi connectivity index (χ0) is 23.4. The summed E-state index contributed by atoms with van der Waals surface area (Å²) in [5, 5.41) is 8.00. The van der Waals surface area contributed by atoms with Crippen molar-refractivity contribution in [3.63, 3.8) is 0 Å². The second-order valence-corrected chi connectivity index (χ2v) is 8.56. The Balaban J connectivity index is 1.19. The Kier molecular flexibility index (Phi) is 6.89. The van der Waals surface area contributed by atoms with Gasteiger partial charge in [-0.3, -0.25) is 24.0 Å². The number of unbranched alkanes of at least 4 members (excludes halogenated alkanes) is 2. The molecule has 0 spiro atoms. The van der Waals surface area contributed by atoms with Crippen LogP contribution in [0.3, 0.4) is 0 Å². The number of hydrogen-bond acceptors (Lipinski definition) is 4. The minimum absolute atomic E-state index is 0.105. The second-order valence-electron chi connectivity index (χ2n) is 8.12. The molecule has 7 nitrogen and oxygen atoms in total. The topological polar surface area (TPSA) is 84.3 Å². The zero-order valence-electron chi connectivity index (χ0n) is 18.4. The van der Waals surface area contributed by atoms with Crippen LogP contribution in [0.15, 0.2) is 54.6 Å². The van der Waals surface area contributed by atoms with E-state index in [1.54, 1.807) is 24.3 Å². The predicted octanol–water partition coefficient (Wildman–Crippen LogP) is 4.69. The number of carbonyl (C=O) groups is 3. The van der Waals surface area contributed by atoms with Gasteiger partial charge in [0.05, 0.1) is 17.7 Å². The number of benzene rings is 2. The highest BCUT2D eigenvalue weighted by molar-refractivity contribution is 6.30. The minimum atomic E-state index is -0.238. The lowest BCUT2D eigenvalue weighted by molar-refractivity contribution is -0.116. The fourth-order valence-electron chi connectivity index (χ4n) is 3.87. The average molecular weight is 465 g/mol. The molecule has 0 fully saturated rings. The van der Waals surface area contributed by atoms with Crippen LogP contribution < -0.4 is 5.32 Å². The van der Waals surface area contributed by atoms with Gasteiger partial charge in [0.25, 0.3) is 11.8 Å². The van der Waals surface area contributed by atoms with E-state index in [2.05, 4.69) is 10.4 Å². The van der Waals surface area contributed by atoms with Crippen LogP contribution in [0.1, 0.15) is 57.7 Å². The van der Waals surface area contributed by atoms with Crippen molar-refractivity contribution in [2.75, 3.05) is 11.9 Å². The van der Waals surface area contributed by atoms with Gasteiger partial charge in [-0.15, -0.1) is 0 Å². The lowest BCUT2D eigenvalue weighted by Crippen LogP contribution is -2.30. The Morgan fingerprint density at radius 2 is 1.64 bits per heavy atom. The number of anilines is 1. The molecule has 170 valence electrons. The van der Waals surface area contributed by atoms with Gasteiger partial charge in [0.1, 0.15) is 0 Å². The van der Waals surface area contributed by atoms with Crippen LogP contribution in [-0.2, 0) is 11.3 Å². The molecule has 2 aromatic carbocycles. The Morgan fingerprint density at radius 1 is 0.970 bits per heavy atom. The van der Waals surface area contributed by atoms with Crippen molar-refractivity contribution in [3.05, 3.63) is 82.0 Å². The number of imide groups is 1. The molecule has 0 radical (unpaired) electrons. The smallest absolute Gasteiger partial charge is 0.261 e. The number of carbonyl (C=O) groups excluding carboxylic acids is 3. The van der Waals surface area contributed by atoms with E-state index in [9.17, 15) is 14.4 Å². The van der Waals surface area contributed by atoms with Gasteiger partial charge in [0.15, 0.2) is 5.82 Å². The van der Waals surface area contributed by atoms with Gasteiger partial charge in [-0.05, 0) is 49.6 Å². The summed E-state index contributed by atoms with van der Waals surface area (Å²) in [6.45, 7) is 2.90. The number of halogens is 1. The summed E-state index contributed by atoms with van der Waals surface area (Å²) in [5.74, 6) is -0.0554. The maximum Gasteiger partial charge on any atom is 0.261 e. The molecule has 1 aliphatic heterocycles. The summed E-state index contributed by atoms with van der Waals surface area (Å²) in [6.07, 6.45) is 2.42. The first-order valence-electron chi connectivity index (χ1n) is 11.0. The maximum atomic E-state index is 12.4. The molecule has 1 N–H and O–H groups in total. The third-order valence-electron chi connectivity index (χ3n) is 5.66. The highest BCUT2D eigenvalue weighted by atomic mass is 35.5. The molecule has 2 heterocycles. The van der Waals surface area contributed by atoms with Crippen molar-refractivity contribution < 1.29 is 14.4 Å². The van der Waals surface area contributed by atoms with Gasteiger partial charge >= 0.3 is 0 Å². The molecule has 0 aliphatic carbocycles. The second kappa shape index (κ2) is 10.0. The van der Waals surface area contributed by atoms with Crippen LogP contribution in [0.25, 0.3) is 0 Å². The molecular weight excluding hydrogens is 440 g/mol. The first-order valence-corrected chi connectivity index (χ1v) is 11.3. The van der Waals surface area contributed by atoms with E-state index < -0.39 is 0 Å². The summed E-state index contributed by atoms with van der Waals surface area (Å²) >= 11 is 5.93. The summed E-state index contributed by atoms with van der Waals surface area (Å²) in [7, 11) is 0. The van der Waals surface area contributed by atoms with Crippen LogP contribution in [-0.4, -0.2) is 38.9 Å². The van der Waals surface area contributed by atoms with Crippen molar-refractivity contribution in [2.45, 2.75) is 39.2 Å². The number of nitrogens with one attached hydrogen (secondary N) is 1. The molecule has 3 aromatic rings. The Hall–Kier alpha value is -3.45. The van der Waals surface area contributed by atoms with E-state index in [-0.39, 0.29) is 17.7 Å². The molecule has 0 atom stereocenters. The van der Waals surface area contributed by atoms with Crippen molar-refractivity contribution in [1.82, 2.24) is 14.7 Å². The van der Waals surface area contributed by atoms with Gasteiger partial charge in [-0.1, -0.05) is 42.3 Å². The molecule has 0 bridgehead atoms. The number of fused-ring (bicyclic) bond motifs is 1. The fraction of sp³-hybridized carbons (Fsp3) is 0.280. The largest absolute Gasteiger partial charge is 0.309 e. The zero-order valence-corrected chi connectivity index (χ0v) is 19.1. The molecule has 0 unspecified atom stereocenters. The van der Waals surface area contributed by atoms with Crippen LogP contribution >= 0.6 is 11.6 Å². The van der Waals surface area contributed by atoms with Gasteiger partial charge in [0, 0.05) is 29.7 Å². The fourth-order valence-corrected chi connectivity index (χ4v) is 4.00. The standard InChI is InChI=1S/C25H25ClN4O3/c1-17-15-22(28-30(17)16-18-10-12-19(26)13-11-18)27-23(31)9-3-2-6-14-29-24(32)20-7-4-5-8-21(20)25(29)33/h4-5,7-8,10-13,15H,2-3,6,9,14,16H2,1H3,(H,27,28,31). The van der Waals surface area contributed by atoms with E-state index in [0.717, 1.165) is 17.7 Å². The predicted molar refractivity (Wildman–Crippen MR) is 126 cm³/mol. The number of aryl methyl sites for hydroxylation is 1. The third-order valence-corrected chi connectivity index (χ3v) is 5.91.